The minimum atomic E-state index is -3.79. The molecule has 1 aromatic rings. The van der Waals surface area contributed by atoms with Gasteiger partial charge in [0.1, 0.15) is 4.90 Å². The summed E-state index contributed by atoms with van der Waals surface area (Å²) >= 11 is 0. The summed E-state index contributed by atoms with van der Waals surface area (Å²) in [7, 11) is -3.79. The van der Waals surface area contributed by atoms with Crippen molar-refractivity contribution in [2.75, 3.05) is 24.2 Å². The van der Waals surface area contributed by atoms with E-state index in [1.165, 1.54) is 12.1 Å². The molecule has 0 atom stereocenters. The topological polar surface area (TPSA) is 118 Å². The Morgan fingerprint density at radius 3 is 2.47 bits per heavy atom. The first kappa shape index (κ1) is 15.7. The van der Waals surface area contributed by atoms with Crippen molar-refractivity contribution >= 4 is 21.4 Å². The van der Waals surface area contributed by atoms with Crippen LogP contribution >= 0.6 is 0 Å². The van der Waals surface area contributed by atoms with Crippen LogP contribution in [-0.2, 0) is 10.0 Å². The largest absolute Gasteiger partial charge is 0.398 e. The molecule has 0 fully saturated rings. The zero-order valence-corrected chi connectivity index (χ0v) is 12.0. The number of nitrogens with two attached hydrogens (primary N) is 2. The fraction of sp³-hybridized carbons (Fsp3) is 0.500. The monoisotopic (exact) mass is 287 g/mol. The van der Waals surface area contributed by atoms with E-state index in [1.54, 1.807) is 6.07 Å². The van der Waals surface area contributed by atoms with Gasteiger partial charge in [0.2, 0.25) is 10.0 Å². The van der Waals surface area contributed by atoms with E-state index in [4.69, 9.17) is 16.0 Å². The van der Waals surface area contributed by atoms with Gasteiger partial charge in [0, 0.05) is 18.8 Å². The van der Waals surface area contributed by atoms with Crippen LogP contribution in [0.15, 0.2) is 23.1 Å². The quantitative estimate of drug-likeness (QED) is 0.575. The van der Waals surface area contributed by atoms with Crippen molar-refractivity contribution in [2.45, 2.75) is 25.2 Å². The van der Waals surface area contributed by atoms with E-state index in [1.807, 2.05) is 13.8 Å². The third-order valence-electron chi connectivity index (χ3n) is 2.88. The van der Waals surface area contributed by atoms with E-state index in [0.29, 0.717) is 13.0 Å². The minimum absolute atomic E-state index is 0.0673. The summed E-state index contributed by atoms with van der Waals surface area (Å²) < 4.78 is 22.4. The van der Waals surface area contributed by atoms with E-state index in [9.17, 15) is 8.42 Å². The summed E-state index contributed by atoms with van der Waals surface area (Å²) in [5.74, 6) is 0. The van der Waals surface area contributed by atoms with Crippen molar-refractivity contribution in [3.63, 3.8) is 0 Å². The van der Waals surface area contributed by atoms with Gasteiger partial charge in [-0.2, -0.15) is 0 Å². The smallest absolute Gasteiger partial charge is 0.240 e. The van der Waals surface area contributed by atoms with Crippen molar-refractivity contribution in [3.8, 4) is 0 Å². The average Bonchev–Trinajstić information content (AvgIpc) is 2.25. The van der Waals surface area contributed by atoms with Crippen molar-refractivity contribution in [2.24, 2.45) is 10.6 Å². The second-order valence-corrected chi connectivity index (χ2v) is 6.82. The Morgan fingerprint density at radius 1 is 1.37 bits per heavy atom. The van der Waals surface area contributed by atoms with Crippen molar-refractivity contribution in [3.05, 3.63) is 18.2 Å². The summed E-state index contributed by atoms with van der Waals surface area (Å²) in [6.07, 6.45) is 0.671. The van der Waals surface area contributed by atoms with Crippen molar-refractivity contribution in [1.82, 2.24) is 0 Å². The van der Waals surface area contributed by atoms with E-state index in [0.717, 1.165) is 5.69 Å². The van der Waals surface area contributed by atoms with Gasteiger partial charge in [-0.25, -0.2) is 13.6 Å². The number of anilines is 2. The van der Waals surface area contributed by atoms with Crippen molar-refractivity contribution in [1.29, 1.82) is 0 Å². The molecule has 0 aliphatic carbocycles. The van der Waals surface area contributed by atoms with E-state index in [-0.39, 0.29) is 22.6 Å². The lowest BCUT2D eigenvalue weighted by Gasteiger charge is -2.24. The molecule has 19 heavy (non-hydrogen) atoms. The van der Waals surface area contributed by atoms with Crippen LogP contribution in [0.5, 0.6) is 0 Å². The number of aliphatic hydroxyl groups is 1. The standard InChI is InChI=1S/C12H21N3O3S/c1-12(2,5-6-16)8-15-9-3-4-11(10(13)7-9)19(14,17)18/h3-4,7,15-16H,5-6,8,13H2,1-2H3,(H2,14,17,18). The maximum atomic E-state index is 11.2. The Morgan fingerprint density at radius 2 is 2.00 bits per heavy atom. The highest BCUT2D eigenvalue weighted by atomic mass is 32.2. The van der Waals surface area contributed by atoms with E-state index in [2.05, 4.69) is 5.32 Å². The van der Waals surface area contributed by atoms with Gasteiger partial charge < -0.3 is 16.2 Å². The van der Waals surface area contributed by atoms with E-state index < -0.39 is 10.0 Å². The first-order valence-corrected chi connectivity index (χ1v) is 7.47. The molecular formula is C12H21N3O3S. The highest BCUT2D eigenvalue weighted by Crippen LogP contribution is 2.24. The number of hydrogen-bond acceptors (Lipinski definition) is 5. The van der Waals surface area contributed by atoms with Gasteiger partial charge in [-0.1, -0.05) is 13.8 Å². The van der Waals surface area contributed by atoms with Crippen LogP contribution in [0.2, 0.25) is 0 Å². The lowest BCUT2D eigenvalue weighted by molar-refractivity contribution is 0.220. The summed E-state index contributed by atoms with van der Waals surface area (Å²) in [6, 6.07) is 4.53. The summed E-state index contributed by atoms with van der Waals surface area (Å²) in [5.41, 5.74) is 6.44. The number of nitrogen functional groups attached to an aromatic ring is 1. The molecule has 0 aliphatic rings. The second-order valence-electron chi connectivity index (χ2n) is 5.29. The van der Waals surface area contributed by atoms with Gasteiger partial charge >= 0.3 is 0 Å². The molecule has 0 unspecified atom stereocenters. The molecule has 1 aromatic carbocycles. The number of aliphatic hydroxyl groups excluding tert-OH is 1. The molecule has 0 amide bonds. The SMILES string of the molecule is CC(C)(CCO)CNc1ccc(S(N)(=O)=O)c(N)c1. The molecule has 7 heteroatoms. The summed E-state index contributed by atoms with van der Waals surface area (Å²) in [4.78, 5) is -0.0762. The molecule has 108 valence electrons. The Kier molecular flexibility index (Phi) is 4.78. The number of nitrogens with one attached hydrogen (secondary N) is 1. The van der Waals surface area contributed by atoms with Crippen LogP contribution in [-0.4, -0.2) is 26.7 Å². The van der Waals surface area contributed by atoms with Gasteiger partial charge in [-0.3, -0.25) is 0 Å². The summed E-state index contributed by atoms with van der Waals surface area (Å²) in [5, 5.41) is 17.1. The Balaban J connectivity index is 2.80. The molecule has 0 heterocycles. The van der Waals surface area contributed by atoms with Gasteiger partial charge in [0.15, 0.2) is 0 Å². The lowest BCUT2D eigenvalue weighted by atomic mass is 9.89. The molecule has 0 saturated carbocycles. The van der Waals surface area contributed by atoms with Gasteiger partial charge in [0.05, 0.1) is 5.69 Å². The van der Waals surface area contributed by atoms with Crippen LogP contribution in [0.25, 0.3) is 0 Å². The first-order chi connectivity index (χ1) is 8.65. The number of rotatable bonds is 6. The maximum Gasteiger partial charge on any atom is 0.240 e. The number of primary sulfonamides is 1. The van der Waals surface area contributed by atoms with Crippen LogP contribution in [0.4, 0.5) is 11.4 Å². The maximum absolute atomic E-state index is 11.2. The number of sulfonamides is 1. The molecule has 0 aliphatic heterocycles. The molecule has 6 N–H and O–H groups in total. The molecule has 6 nitrogen and oxygen atoms in total. The highest BCUT2D eigenvalue weighted by molar-refractivity contribution is 7.89. The molecule has 0 bridgehead atoms. The lowest BCUT2D eigenvalue weighted by Crippen LogP contribution is -2.24. The molecule has 0 aromatic heterocycles. The minimum Gasteiger partial charge on any atom is -0.398 e. The van der Waals surface area contributed by atoms with Gasteiger partial charge in [0.25, 0.3) is 0 Å². The third kappa shape index (κ3) is 4.70. The molecule has 1 rings (SSSR count). The molecular weight excluding hydrogens is 266 g/mol. The van der Waals surface area contributed by atoms with Crippen LogP contribution in [0.1, 0.15) is 20.3 Å². The van der Waals surface area contributed by atoms with Crippen LogP contribution in [0, 0.1) is 5.41 Å². The molecule has 0 spiro atoms. The fourth-order valence-electron chi connectivity index (χ4n) is 1.65. The Labute approximate surface area is 113 Å². The van der Waals surface area contributed by atoms with Crippen LogP contribution < -0.4 is 16.2 Å². The zero-order chi connectivity index (χ0) is 14.7. The summed E-state index contributed by atoms with van der Waals surface area (Å²) in [6.45, 7) is 4.82. The highest BCUT2D eigenvalue weighted by Gasteiger charge is 2.17. The van der Waals surface area contributed by atoms with Crippen LogP contribution in [0.3, 0.4) is 0 Å². The Bertz CT molecular complexity index is 541. The van der Waals surface area contributed by atoms with E-state index >= 15 is 0 Å². The number of hydrogen-bond donors (Lipinski definition) is 4. The average molecular weight is 287 g/mol. The predicted octanol–water partition coefficient (Wildman–Crippen LogP) is 0.737. The third-order valence-corrected chi connectivity index (χ3v) is 3.86. The molecule has 0 radical (unpaired) electrons. The Hall–Kier alpha value is -1.31. The second kappa shape index (κ2) is 5.77. The fourth-order valence-corrected chi connectivity index (χ4v) is 2.30. The van der Waals surface area contributed by atoms with Gasteiger partial charge in [-0.15, -0.1) is 0 Å². The first-order valence-electron chi connectivity index (χ1n) is 5.93. The van der Waals surface area contributed by atoms with Crippen molar-refractivity contribution < 1.29 is 13.5 Å². The predicted molar refractivity (Wildman–Crippen MR) is 76.2 cm³/mol. The van der Waals surface area contributed by atoms with Gasteiger partial charge in [-0.05, 0) is 30.0 Å². The zero-order valence-electron chi connectivity index (χ0n) is 11.2. The number of benzene rings is 1. The normalized spacial score (nSPS) is 12.4. The molecule has 0 saturated heterocycles.